The van der Waals surface area contributed by atoms with Crippen LogP contribution in [0.2, 0.25) is 0 Å². The monoisotopic (exact) mass is 251 g/mol. The summed E-state index contributed by atoms with van der Waals surface area (Å²) in [6.45, 7) is 2.57. The molecule has 104 valence electrons. The summed E-state index contributed by atoms with van der Waals surface area (Å²) in [5.41, 5.74) is 5.76. The van der Waals surface area contributed by atoms with Gasteiger partial charge in [0, 0.05) is 27.4 Å². The van der Waals surface area contributed by atoms with Gasteiger partial charge in [-0.2, -0.15) is 0 Å². The van der Waals surface area contributed by atoms with E-state index in [1.807, 2.05) is 0 Å². The Morgan fingerprint density at radius 1 is 1.06 bits per heavy atom. The topological polar surface area (TPSA) is 83.2 Å². The number of ether oxygens (including phenoxy) is 4. The lowest BCUT2D eigenvalue weighted by atomic mass is 10.2. The number of hydrogen-bond donors (Lipinski definition) is 2. The molecule has 0 heterocycles. The summed E-state index contributed by atoms with van der Waals surface area (Å²) in [6, 6.07) is -0.306. The minimum atomic E-state index is -0.381. The number of methoxy groups -OCH3 is 2. The van der Waals surface area contributed by atoms with Gasteiger partial charge in [-0.3, -0.25) is 0 Å². The van der Waals surface area contributed by atoms with Crippen LogP contribution in [-0.2, 0) is 18.9 Å². The second-order valence-corrected chi connectivity index (χ2v) is 3.67. The summed E-state index contributed by atoms with van der Waals surface area (Å²) in [7, 11) is 3.20. The van der Waals surface area contributed by atoms with E-state index in [2.05, 4.69) is 0 Å². The summed E-state index contributed by atoms with van der Waals surface area (Å²) in [5, 5.41) is 9.09. The number of aliphatic hydroxyl groups excluding tert-OH is 1. The molecule has 0 amide bonds. The van der Waals surface area contributed by atoms with Crippen LogP contribution in [0.5, 0.6) is 0 Å². The molecule has 17 heavy (non-hydrogen) atoms. The van der Waals surface area contributed by atoms with Crippen molar-refractivity contribution < 1.29 is 24.1 Å². The Balaban J connectivity index is 3.43. The highest BCUT2D eigenvalue weighted by molar-refractivity contribution is 4.71. The summed E-state index contributed by atoms with van der Waals surface area (Å²) in [4.78, 5) is 0. The lowest BCUT2D eigenvalue weighted by Gasteiger charge is -2.21. The van der Waals surface area contributed by atoms with Crippen molar-refractivity contribution in [2.75, 3.05) is 53.9 Å². The zero-order valence-corrected chi connectivity index (χ0v) is 10.8. The minimum Gasteiger partial charge on any atom is -0.394 e. The minimum absolute atomic E-state index is 0.102. The summed E-state index contributed by atoms with van der Waals surface area (Å²) in [6.07, 6.45) is 0.383. The summed E-state index contributed by atoms with van der Waals surface area (Å²) in [5.74, 6) is 0. The van der Waals surface area contributed by atoms with Gasteiger partial charge in [0.15, 0.2) is 0 Å². The highest BCUT2D eigenvalue weighted by Gasteiger charge is 2.16. The predicted molar refractivity (Wildman–Crippen MR) is 64.0 cm³/mol. The number of aliphatic hydroxyl groups is 1. The van der Waals surface area contributed by atoms with Crippen LogP contribution in [0.1, 0.15) is 6.42 Å². The smallest absolute Gasteiger partial charge is 0.0978 e. The van der Waals surface area contributed by atoms with Crippen molar-refractivity contribution in [1.29, 1.82) is 0 Å². The molecule has 0 bridgehead atoms. The molecule has 3 N–H and O–H groups in total. The van der Waals surface area contributed by atoms with Gasteiger partial charge in [0.2, 0.25) is 0 Å². The second kappa shape index (κ2) is 12.2. The largest absolute Gasteiger partial charge is 0.394 e. The molecule has 6 nitrogen and oxygen atoms in total. The van der Waals surface area contributed by atoms with Gasteiger partial charge in [-0.1, -0.05) is 0 Å². The molecular formula is C11H25NO5. The van der Waals surface area contributed by atoms with Crippen molar-refractivity contribution in [3.05, 3.63) is 0 Å². The molecule has 2 unspecified atom stereocenters. The van der Waals surface area contributed by atoms with Gasteiger partial charge in [-0.25, -0.2) is 0 Å². The zero-order chi connectivity index (χ0) is 12.9. The van der Waals surface area contributed by atoms with E-state index in [0.717, 1.165) is 6.42 Å². The van der Waals surface area contributed by atoms with E-state index in [4.69, 9.17) is 29.8 Å². The van der Waals surface area contributed by atoms with E-state index >= 15 is 0 Å². The van der Waals surface area contributed by atoms with Crippen LogP contribution in [0.15, 0.2) is 0 Å². The molecular weight excluding hydrogens is 226 g/mol. The molecule has 0 aromatic rings. The first kappa shape index (κ1) is 16.8. The normalized spacial score (nSPS) is 14.8. The molecule has 0 rings (SSSR count). The standard InChI is InChI=1S/C11H25NO5/c1-14-6-7-16-4-3-5-17-11(8-13)10(12)9-15-2/h10-11,13H,3-9,12H2,1-2H3. The Kier molecular flexibility index (Phi) is 12.1. The maximum atomic E-state index is 9.09. The van der Waals surface area contributed by atoms with Gasteiger partial charge in [0.1, 0.15) is 0 Å². The van der Waals surface area contributed by atoms with Crippen LogP contribution in [0.3, 0.4) is 0 Å². The van der Waals surface area contributed by atoms with Gasteiger partial charge in [0.05, 0.1) is 38.6 Å². The molecule has 0 aromatic heterocycles. The molecule has 0 aliphatic carbocycles. The van der Waals surface area contributed by atoms with E-state index in [1.54, 1.807) is 14.2 Å². The molecule has 2 atom stereocenters. The van der Waals surface area contributed by atoms with E-state index in [0.29, 0.717) is 33.0 Å². The molecule has 0 aliphatic heterocycles. The molecule has 0 aliphatic rings. The van der Waals surface area contributed by atoms with Crippen molar-refractivity contribution in [2.45, 2.75) is 18.6 Å². The van der Waals surface area contributed by atoms with Crippen LogP contribution in [-0.4, -0.2) is 71.1 Å². The van der Waals surface area contributed by atoms with E-state index in [1.165, 1.54) is 0 Å². The lowest BCUT2D eigenvalue weighted by Crippen LogP contribution is -2.42. The van der Waals surface area contributed by atoms with Crippen LogP contribution < -0.4 is 5.73 Å². The highest BCUT2D eigenvalue weighted by Crippen LogP contribution is 1.99. The fourth-order valence-electron chi connectivity index (χ4n) is 1.25. The number of hydrogen-bond acceptors (Lipinski definition) is 6. The quantitative estimate of drug-likeness (QED) is 0.450. The van der Waals surface area contributed by atoms with Crippen molar-refractivity contribution in [3.63, 3.8) is 0 Å². The van der Waals surface area contributed by atoms with Gasteiger partial charge in [0.25, 0.3) is 0 Å². The maximum Gasteiger partial charge on any atom is 0.0978 e. The summed E-state index contributed by atoms with van der Waals surface area (Å²) < 4.78 is 20.5. The Morgan fingerprint density at radius 2 is 1.82 bits per heavy atom. The molecule has 6 heteroatoms. The van der Waals surface area contributed by atoms with Gasteiger partial charge < -0.3 is 29.8 Å². The third kappa shape index (κ3) is 9.46. The van der Waals surface area contributed by atoms with Crippen molar-refractivity contribution in [1.82, 2.24) is 0 Å². The average molecular weight is 251 g/mol. The Hall–Kier alpha value is -0.240. The highest BCUT2D eigenvalue weighted by atomic mass is 16.5. The van der Waals surface area contributed by atoms with E-state index in [-0.39, 0.29) is 18.8 Å². The van der Waals surface area contributed by atoms with Gasteiger partial charge in [-0.15, -0.1) is 0 Å². The fraction of sp³-hybridized carbons (Fsp3) is 1.00. The third-order valence-electron chi connectivity index (χ3n) is 2.21. The molecule has 0 saturated heterocycles. The Labute approximate surface area is 103 Å². The molecule has 0 radical (unpaired) electrons. The molecule has 0 saturated carbocycles. The van der Waals surface area contributed by atoms with E-state index < -0.39 is 0 Å². The fourth-order valence-corrected chi connectivity index (χ4v) is 1.25. The first-order chi connectivity index (χ1) is 8.26. The average Bonchev–Trinajstić information content (AvgIpc) is 2.33. The van der Waals surface area contributed by atoms with Crippen molar-refractivity contribution in [2.24, 2.45) is 5.73 Å². The van der Waals surface area contributed by atoms with Crippen LogP contribution >= 0.6 is 0 Å². The number of nitrogens with two attached hydrogens (primary N) is 1. The lowest BCUT2D eigenvalue weighted by molar-refractivity contribution is -0.0267. The first-order valence-electron chi connectivity index (χ1n) is 5.79. The second-order valence-electron chi connectivity index (χ2n) is 3.67. The zero-order valence-electron chi connectivity index (χ0n) is 10.8. The van der Waals surface area contributed by atoms with Gasteiger partial charge in [-0.05, 0) is 6.42 Å². The Morgan fingerprint density at radius 3 is 2.41 bits per heavy atom. The molecule has 0 aromatic carbocycles. The van der Waals surface area contributed by atoms with Gasteiger partial charge >= 0.3 is 0 Å². The van der Waals surface area contributed by atoms with Crippen LogP contribution in [0.25, 0.3) is 0 Å². The van der Waals surface area contributed by atoms with E-state index in [9.17, 15) is 0 Å². The maximum absolute atomic E-state index is 9.09. The van der Waals surface area contributed by atoms with Crippen LogP contribution in [0.4, 0.5) is 0 Å². The van der Waals surface area contributed by atoms with Crippen LogP contribution in [0, 0.1) is 0 Å². The predicted octanol–water partition coefficient (Wildman–Crippen LogP) is -0.609. The Bertz CT molecular complexity index is 159. The molecule has 0 spiro atoms. The summed E-state index contributed by atoms with van der Waals surface area (Å²) >= 11 is 0. The number of rotatable bonds is 12. The third-order valence-corrected chi connectivity index (χ3v) is 2.21. The van der Waals surface area contributed by atoms with Crippen molar-refractivity contribution in [3.8, 4) is 0 Å². The van der Waals surface area contributed by atoms with Crippen molar-refractivity contribution >= 4 is 0 Å². The molecule has 0 fully saturated rings. The first-order valence-corrected chi connectivity index (χ1v) is 5.79. The SMILES string of the molecule is COCCOCCCOC(CO)C(N)COC.